The number of benzene rings is 9. The van der Waals surface area contributed by atoms with Crippen molar-refractivity contribution in [3.63, 3.8) is 0 Å². The first kappa shape index (κ1) is 32.2. The SMILES string of the molecule is CCCCCCc1ccc(-c2ccc3[se]c4cc5c6ccc(-c7ccc(-c8ccccc8)c8ccccc78)cc6c6ccccc6c5cc4c3c2)cc1. The van der Waals surface area contributed by atoms with Gasteiger partial charge in [0.2, 0.25) is 0 Å². The summed E-state index contributed by atoms with van der Waals surface area (Å²) in [6.45, 7) is 2.28. The van der Waals surface area contributed by atoms with E-state index < -0.39 is 0 Å². The van der Waals surface area contributed by atoms with Crippen LogP contribution in [0.1, 0.15) is 38.2 Å². The van der Waals surface area contributed by atoms with Crippen LogP contribution in [-0.2, 0) is 6.42 Å². The number of fused-ring (bicyclic) bond motifs is 10. The average molecular weight is 744 g/mol. The summed E-state index contributed by atoms with van der Waals surface area (Å²) in [4.78, 5) is 0. The fraction of sp³-hybridized carbons (Fsp3) is 0.115. The zero-order valence-electron chi connectivity index (χ0n) is 30.0. The molecule has 0 fully saturated rings. The summed E-state index contributed by atoms with van der Waals surface area (Å²) < 4.78 is 2.98. The van der Waals surface area contributed by atoms with E-state index in [1.807, 2.05) is 0 Å². The van der Waals surface area contributed by atoms with Crippen molar-refractivity contribution >= 4 is 76.9 Å². The molecule has 53 heavy (non-hydrogen) atoms. The minimum absolute atomic E-state index is 0.275. The van der Waals surface area contributed by atoms with Crippen LogP contribution in [-0.4, -0.2) is 14.5 Å². The molecule has 10 aromatic rings. The van der Waals surface area contributed by atoms with E-state index in [9.17, 15) is 0 Å². The van der Waals surface area contributed by atoms with Crippen molar-refractivity contribution in [3.8, 4) is 33.4 Å². The summed E-state index contributed by atoms with van der Waals surface area (Å²) in [6.07, 6.45) is 6.40. The molecule has 0 N–H and O–H groups in total. The van der Waals surface area contributed by atoms with Gasteiger partial charge in [-0.1, -0.05) is 43.7 Å². The molecule has 0 spiro atoms. The van der Waals surface area contributed by atoms with Crippen LogP contribution in [0.4, 0.5) is 0 Å². The van der Waals surface area contributed by atoms with E-state index in [-0.39, 0.29) is 14.5 Å². The molecule has 9 aromatic carbocycles. The Kier molecular flexibility index (Phi) is 8.21. The number of unbranched alkanes of at least 4 members (excludes halogenated alkanes) is 3. The Hall–Kier alpha value is -5.46. The molecule has 1 aromatic heterocycles. The zero-order valence-corrected chi connectivity index (χ0v) is 31.7. The maximum atomic E-state index is 2.52. The van der Waals surface area contributed by atoms with Crippen LogP contribution in [0.2, 0.25) is 0 Å². The Bertz CT molecular complexity index is 2960. The molecular weight excluding hydrogens is 704 g/mol. The van der Waals surface area contributed by atoms with E-state index in [1.165, 1.54) is 133 Å². The normalized spacial score (nSPS) is 11.9. The molecule has 254 valence electrons. The summed E-state index contributed by atoms with van der Waals surface area (Å²) in [5.41, 5.74) is 9.13. The van der Waals surface area contributed by atoms with E-state index in [0.717, 1.165) is 0 Å². The molecular formula is C52H40Se. The second kappa shape index (κ2) is 13.5. The van der Waals surface area contributed by atoms with Gasteiger partial charge in [-0.2, -0.15) is 0 Å². The van der Waals surface area contributed by atoms with Crippen LogP contribution in [0.15, 0.2) is 164 Å². The third kappa shape index (κ3) is 5.68. The number of rotatable bonds is 8. The van der Waals surface area contributed by atoms with Crippen molar-refractivity contribution in [3.05, 3.63) is 169 Å². The average Bonchev–Trinajstić information content (AvgIpc) is 3.58. The second-order valence-corrected chi connectivity index (χ2v) is 16.9. The van der Waals surface area contributed by atoms with Crippen LogP contribution < -0.4 is 0 Å². The van der Waals surface area contributed by atoms with Gasteiger partial charge in [-0.25, -0.2) is 0 Å². The Labute approximate surface area is 317 Å². The van der Waals surface area contributed by atoms with Crippen LogP contribution in [0.5, 0.6) is 0 Å². The predicted octanol–water partition coefficient (Wildman–Crippen LogP) is 14.8. The first-order valence-corrected chi connectivity index (χ1v) is 20.9. The molecule has 0 amide bonds. The molecule has 0 atom stereocenters. The Morgan fingerprint density at radius 2 is 0.906 bits per heavy atom. The zero-order chi connectivity index (χ0) is 35.3. The molecule has 0 nitrogen and oxygen atoms in total. The van der Waals surface area contributed by atoms with Gasteiger partial charge >= 0.3 is 275 Å². The Morgan fingerprint density at radius 3 is 1.64 bits per heavy atom. The van der Waals surface area contributed by atoms with Crippen molar-refractivity contribution in [2.45, 2.75) is 39.0 Å². The van der Waals surface area contributed by atoms with Crippen molar-refractivity contribution in [2.24, 2.45) is 0 Å². The summed E-state index contributed by atoms with van der Waals surface area (Å²) in [7, 11) is 0. The van der Waals surface area contributed by atoms with Gasteiger partial charge < -0.3 is 0 Å². The van der Waals surface area contributed by atoms with E-state index >= 15 is 0 Å². The van der Waals surface area contributed by atoms with Gasteiger partial charge in [0.05, 0.1) is 0 Å². The third-order valence-electron chi connectivity index (χ3n) is 11.4. The minimum atomic E-state index is 0.275. The molecule has 0 radical (unpaired) electrons. The molecule has 1 heterocycles. The summed E-state index contributed by atoms with van der Waals surface area (Å²) in [5, 5.41) is 13.4. The first-order chi connectivity index (χ1) is 26.2. The predicted molar refractivity (Wildman–Crippen MR) is 233 cm³/mol. The fourth-order valence-electron chi connectivity index (χ4n) is 8.61. The monoisotopic (exact) mass is 744 g/mol. The maximum absolute atomic E-state index is 2.52. The standard InChI is InChI=1S/C52H40Se/c1-2-3-4-6-13-34-20-22-35(23-21-34)37-25-29-51-49(30-37)50-32-47-44-19-12-11-18-43(44)46-31-38(24-26-45(46)48(47)33-52(50)53-51)40-28-27-39(36-14-7-5-8-15-36)41-16-9-10-17-42(40)41/h5,7-12,14-33H,2-4,6,13H2,1H3. The van der Waals surface area contributed by atoms with Gasteiger partial charge in [0.1, 0.15) is 0 Å². The molecule has 0 aliphatic rings. The van der Waals surface area contributed by atoms with Crippen LogP contribution in [0.3, 0.4) is 0 Å². The molecule has 0 unspecified atom stereocenters. The molecule has 0 aliphatic heterocycles. The third-order valence-corrected chi connectivity index (χ3v) is 13.7. The van der Waals surface area contributed by atoms with Crippen molar-refractivity contribution in [1.82, 2.24) is 0 Å². The van der Waals surface area contributed by atoms with Crippen LogP contribution in [0.25, 0.3) is 95.8 Å². The van der Waals surface area contributed by atoms with Gasteiger partial charge in [0.15, 0.2) is 0 Å². The van der Waals surface area contributed by atoms with E-state index in [4.69, 9.17) is 0 Å². The first-order valence-electron chi connectivity index (χ1n) is 19.1. The number of aryl methyl sites for hydroxylation is 1. The molecule has 0 bridgehead atoms. The van der Waals surface area contributed by atoms with Crippen molar-refractivity contribution in [2.75, 3.05) is 0 Å². The van der Waals surface area contributed by atoms with Crippen molar-refractivity contribution < 1.29 is 0 Å². The summed E-state index contributed by atoms with van der Waals surface area (Å²) in [6, 6.07) is 62.0. The van der Waals surface area contributed by atoms with Crippen LogP contribution in [0, 0.1) is 0 Å². The molecule has 0 aliphatic carbocycles. The topological polar surface area (TPSA) is 0 Å². The molecule has 0 saturated heterocycles. The number of hydrogen-bond acceptors (Lipinski definition) is 0. The summed E-state index contributed by atoms with van der Waals surface area (Å²) >= 11 is 0.275. The van der Waals surface area contributed by atoms with Gasteiger partial charge in [-0.15, -0.1) is 0 Å². The van der Waals surface area contributed by atoms with Gasteiger partial charge in [-0.05, 0) is 0 Å². The molecule has 0 saturated carbocycles. The van der Waals surface area contributed by atoms with Crippen LogP contribution >= 0.6 is 0 Å². The summed E-state index contributed by atoms with van der Waals surface area (Å²) in [5.74, 6) is 0. The van der Waals surface area contributed by atoms with Crippen molar-refractivity contribution in [1.29, 1.82) is 0 Å². The second-order valence-electron chi connectivity index (χ2n) is 14.6. The Balaban J connectivity index is 1.10. The number of hydrogen-bond donors (Lipinski definition) is 0. The van der Waals surface area contributed by atoms with Gasteiger partial charge in [0, 0.05) is 0 Å². The Morgan fingerprint density at radius 1 is 0.340 bits per heavy atom. The quantitative estimate of drug-likeness (QED) is 0.0826. The van der Waals surface area contributed by atoms with E-state index in [2.05, 4.69) is 171 Å². The fourth-order valence-corrected chi connectivity index (χ4v) is 10.9. The molecule has 1 heteroatoms. The van der Waals surface area contributed by atoms with E-state index in [0.29, 0.717) is 0 Å². The molecule has 10 rings (SSSR count). The van der Waals surface area contributed by atoms with E-state index in [1.54, 1.807) is 0 Å². The van der Waals surface area contributed by atoms with Gasteiger partial charge in [-0.3, -0.25) is 0 Å². The van der Waals surface area contributed by atoms with Gasteiger partial charge in [0.25, 0.3) is 0 Å².